The van der Waals surface area contributed by atoms with Crippen LogP contribution in [0.25, 0.3) is 5.69 Å². The molecule has 0 spiro atoms. The van der Waals surface area contributed by atoms with Crippen molar-refractivity contribution in [3.8, 4) is 11.4 Å². The summed E-state index contributed by atoms with van der Waals surface area (Å²) in [4.78, 5) is 0. The van der Waals surface area contributed by atoms with Gasteiger partial charge in [-0.15, -0.1) is 5.10 Å². The van der Waals surface area contributed by atoms with Crippen LogP contribution in [0.1, 0.15) is 19.7 Å². The predicted molar refractivity (Wildman–Crippen MR) is 78.5 cm³/mol. The summed E-state index contributed by atoms with van der Waals surface area (Å²) in [6.45, 7) is 5.99. The van der Waals surface area contributed by atoms with Crippen molar-refractivity contribution in [2.75, 3.05) is 20.3 Å². The van der Waals surface area contributed by atoms with Crippen LogP contribution >= 0.6 is 0 Å². The Morgan fingerprint density at radius 1 is 1.24 bits per heavy atom. The monoisotopic (exact) mass is 291 g/mol. The summed E-state index contributed by atoms with van der Waals surface area (Å²) >= 11 is 0. The molecule has 0 atom stereocenters. The molecule has 1 N–H and O–H groups in total. The lowest BCUT2D eigenvalue weighted by molar-refractivity contribution is 0.199. The minimum Gasteiger partial charge on any atom is -0.491 e. The van der Waals surface area contributed by atoms with E-state index in [-0.39, 0.29) is 6.10 Å². The molecule has 0 bridgehead atoms. The average molecular weight is 291 g/mol. The molecule has 0 unspecified atom stereocenters. The lowest BCUT2D eigenvalue weighted by Crippen LogP contribution is -2.21. The highest BCUT2D eigenvalue weighted by Crippen LogP contribution is 2.16. The van der Waals surface area contributed by atoms with Gasteiger partial charge in [0, 0.05) is 13.7 Å². The van der Waals surface area contributed by atoms with E-state index >= 15 is 0 Å². The molecule has 2 rings (SSSR count). The third-order valence-corrected chi connectivity index (χ3v) is 2.75. The molecule has 1 heterocycles. The summed E-state index contributed by atoms with van der Waals surface area (Å²) in [5, 5.41) is 15.0. The van der Waals surface area contributed by atoms with Gasteiger partial charge in [-0.2, -0.15) is 4.68 Å². The molecular formula is C14H21N5O2. The summed E-state index contributed by atoms with van der Waals surface area (Å²) in [7, 11) is 1.67. The largest absolute Gasteiger partial charge is 0.491 e. The van der Waals surface area contributed by atoms with Gasteiger partial charge in [-0.1, -0.05) is 0 Å². The van der Waals surface area contributed by atoms with E-state index in [9.17, 15) is 0 Å². The molecular weight excluding hydrogens is 270 g/mol. The zero-order chi connectivity index (χ0) is 15.1. The number of hydrogen-bond acceptors (Lipinski definition) is 6. The molecule has 0 saturated heterocycles. The first-order chi connectivity index (χ1) is 10.2. The highest BCUT2D eigenvalue weighted by molar-refractivity contribution is 5.37. The number of nitrogens with zero attached hydrogens (tertiary/aromatic N) is 4. The van der Waals surface area contributed by atoms with Crippen LogP contribution in [-0.2, 0) is 11.3 Å². The zero-order valence-corrected chi connectivity index (χ0v) is 12.6. The molecule has 114 valence electrons. The number of tetrazole rings is 1. The molecule has 0 aliphatic heterocycles. The van der Waals surface area contributed by atoms with E-state index in [1.807, 2.05) is 38.1 Å². The van der Waals surface area contributed by atoms with Crippen molar-refractivity contribution in [3.05, 3.63) is 30.1 Å². The first-order valence-corrected chi connectivity index (χ1v) is 6.94. The van der Waals surface area contributed by atoms with E-state index in [2.05, 4.69) is 20.8 Å². The minimum atomic E-state index is 0.157. The van der Waals surface area contributed by atoms with Gasteiger partial charge in [0.25, 0.3) is 0 Å². The van der Waals surface area contributed by atoms with Crippen LogP contribution in [0.4, 0.5) is 0 Å². The lowest BCUT2D eigenvalue weighted by Gasteiger charge is -2.10. The van der Waals surface area contributed by atoms with Gasteiger partial charge < -0.3 is 14.8 Å². The van der Waals surface area contributed by atoms with Crippen LogP contribution in [0.2, 0.25) is 0 Å². The van der Waals surface area contributed by atoms with Gasteiger partial charge in [-0.25, -0.2) is 0 Å². The van der Waals surface area contributed by atoms with E-state index in [4.69, 9.17) is 9.47 Å². The molecule has 0 fully saturated rings. The number of hydrogen-bond donors (Lipinski definition) is 1. The molecule has 0 amide bonds. The van der Waals surface area contributed by atoms with E-state index in [0.29, 0.717) is 13.2 Å². The Hall–Kier alpha value is -1.99. The Labute approximate surface area is 124 Å². The summed E-state index contributed by atoms with van der Waals surface area (Å²) in [6.07, 6.45) is 0.157. The lowest BCUT2D eigenvalue weighted by atomic mass is 10.3. The first-order valence-electron chi connectivity index (χ1n) is 6.94. The molecule has 1 aromatic heterocycles. The highest BCUT2D eigenvalue weighted by atomic mass is 16.5. The quantitative estimate of drug-likeness (QED) is 0.736. The van der Waals surface area contributed by atoms with Crippen molar-refractivity contribution >= 4 is 0 Å². The molecule has 0 aliphatic rings. The topological polar surface area (TPSA) is 74.1 Å². The second-order valence-electron chi connectivity index (χ2n) is 4.84. The Balaban J connectivity index is 2.02. The van der Waals surface area contributed by atoms with Crippen molar-refractivity contribution in [1.82, 2.24) is 25.5 Å². The predicted octanol–water partition coefficient (Wildman–Crippen LogP) is 1.19. The standard InChI is InChI=1S/C14H21N5O2/c1-11(2)21-13-6-4-12(5-7-13)19-14(16-17-18-19)10-15-8-9-20-3/h4-7,11,15H,8-10H2,1-3H3. The van der Waals surface area contributed by atoms with Crippen LogP contribution in [0.3, 0.4) is 0 Å². The summed E-state index contributed by atoms with van der Waals surface area (Å²) in [5.41, 5.74) is 0.902. The molecule has 0 aliphatic carbocycles. The Bertz CT molecular complexity index is 539. The van der Waals surface area contributed by atoms with E-state index in [0.717, 1.165) is 23.8 Å². The van der Waals surface area contributed by atoms with E-state index in [1.165, 1.54) is 0 Å². The van der Waals surface area contributed by atoms with Crippen molar-refractivity contribution in [2.45, 2.75) is 26.5 Å². The summed E-state index contributed by atoms with van der Waals surface area (Å²) in [6, 6.07) is 7.71. The van der Waals surface area contributed by atoms with Gasteiger partial charge in [-0.3, -0.25) is 0 Å². The molecule has 0 radical (unpaired) electrons. The fourth-order valence-electron chi connectivity index (χ4n) is 1.83. The molecule has 2 aromatic rings. The molecule has 7 nitrogen and oxygen atoms in total. The number of methoxy groups -OCH3 is 1. The Morgan fingerprint density at radius 2 is 2.00 bits per heavy atom. The highest BCUT2D eigenvalue weighted by Gasteiger charge is 2.08. The summed E-state index contributed by atoms with van der Waals surface area (Å²) < 4.78 is 12.3. The summed E-state index contributed by atoms with van der Waals surface area (Å²) in [5.74, 6) is 1.59. The van der Waals surface area contributed by atoms with Crippen molar-refractivity contribution < 1.29 is 9.47 Å². The number of rotatable bonds is 8. The van der Waals surface area contributed by atoms with Crippen LogP contribution in [-0.4, -0.2) is 46.6 Å². The smallest absolute Gasteiger partial charge is 0.170 e. The molecule has 7 heteroatoms. The third-order valence-electron chi connectivity index (χ3n) is 2.75. The van der Waals surface area contributed by atoms with Crippen molar-refractivity contribution in [3.63, 3.8) is 0 Å². The molecule has 1 aromatic carbocycles. The van der Waals surface area contributed by atoms with Crippen molar-refractivity contribution in [1.29, 1.82) is 0 Å². The third kappa shape index (κ3) is 4.51. The SMILES string of the molecule is COCCNCc1nnnn1-c1ccc(OC(C)C)cc1. The average Bonchev–Trinajstić information content (AvgIpc) is 2.92. The maximum absolute atomic E-state index is 5.62. The number of nitrogens with one attached hydrogen (secondary N) is 1. The minimum absolute atomic E-state index is 0.157. The van der Waals surface area contributed by atoms with Gasteiger partial charge in [0.2, 0.25) is 0 Å². The van der Waals surface area contributed by atoms with Gasteiger partial charge in [0.15, 0.2) is 5.82 Å². The first kappa shape index (κ1) is 15.4. The van der Waals surface area contributed by atoms with E-state index in [1.54, 1.807) is 11.8 Å². The van der Waals surface area contributed by atoms with Crippen LogP contribution < -0.4 is 10.1 Å². The van der Waals surface area contributed by atoms with Gasteiger partial charge >= 0.3 is 0 Å². The second kappa shape index (κ2) is 7.70. The second-order valence-corrected chi connectivity index (χ2v) is 4.84. The van der Waals surface area contributed by atoms with Gasteiger partial charge in [-0.05, 0) is 48.5 Å². The van der Waals surface area contributed by atoms with Gasteiger partial charge in [0.1, 0.15) is 5.75 Å². The van der Waals surface area contributed by atoms with Crippen LogP contribution in [0.15, 0.2) is 24.3 Å². The number of ether oxygens (including phenoxy) is 2. The molecule has 0 saturated carbocycles. The number of aromatic nitrogens is 4. The Morgan fingerprint density at radius 3 is 2.67 bits per heavy atom. The fraction of sp³-hybridized carbons (Fsp3) is 0.500. The fourth-order valence-corrected chi connectivity index (χ4v) is 1.83. The molecule has 21 heavy (non-hydrogen) atoms. The van der Waals surface area contributed by atoms with Crippen molar-refractivity contribution in [2.24, 2.45) is 0 Å². The van der Waals surface area contributed by atoms with E-state index < -0.39 is 0 Å². The Kier molecular flexibility index (Phi) is 5.65. The van der Waals surface area contributed by atoms with Crippen LogP contribution in [0.5, 0.6) is 5.75 Å². The van der Waals surface area contributed by atoms with Gasteiger partial charge in [0.05, 0.1) is 24.9 Å². The maximum atomic E-state index is 5.62. The number of benzene rings is 1. The normalized spacial score (nSPS) is 11.0. The van der Waals surface area contributed by atoms with Crippen LogP contribution in [0, 0.1) is 0 Å². The zero-order valence-electron chi connectivity index (χ0n) is 12.6. The maximum Gasteiger partial charge on any atom is 0.170 e.